The molecule has 0 aromatic heterocycles. The molecule has 0 bridgehead atoms. The maximum Gasteiger partial charge on any atom is 0.271 e. The fraction of sp³-hybridized carbons (Fsp3) is 0.481. The second-order valence-electron chi connectivity index (χ2n) is 9.73. The van der Waals surface area contributed by atoms with Crippen molar-refractivity contribution in [3.63, 3.8) is 0 Å². The number of carbonyl (C=O) groups excluding carboxylic acids is 2. The molecule has 0 aliphatic heterocycles. The second-order valence-corrected chi connectivity index (χ2v) is 11.6. The Morgan fingerprint density at radius 3 is 2.38 bits per heavy atom. The van der Waals surface area contributed by atoms with E-state index in [1.807, 2.05) is 30.3 Å². The second kappa shape index (κ2) is 13.4. The van der Waals surface area contributed by atoms with Gasteiger partial charge in [0.25, 0.3) is 5.69 Å². The van der Waals surface area contributed by atoms with Crippen LogP contribution in [0.3, 0.4) is 0 Å². The number of methoxy groups -OCH3 is 1. The van der Waals surface area contributed by atoms with Gasteiger partial charge in [-0.1, -0.05) is 49.6 Å². The summed E-state index contributed by atoms with van der Waals surface area (Å²) in [6, 6.07) is 12.2. The number of non-ortho nitro benzene ring substituents is 1. The standard InChI is InChI=1S/C27H36N4O7S/c1-20(27(33)28-22-12-8-5-9-13-22)29(17-16-21-10-6-4-7-11-21)26(32)19-30(39(3,36)37)24-18-23(31(34)35)14-15-25(24)38-2/h4,6-7,10-11,14-15,18,20,22H,5,8-9,12-13,16-17,19H2,1-3H3,(H,28,33)/t20-/m0/s1. The Balaban J connectivity index is 1.90. The van der Waals surface area contributed by atoms with Crippen LogP contribution in [0.4, 0.5) is 11.4 Å². The number of anilines is 1. The van der Waals surface area contributed by atoms with Gasteiger partial charge in [-0.05, 0) is 37.8 Å². The lowest BCUT2D eigenvalue weighted by Crippen LogP contribution is -2.53. The van der Waals surface area contributed by atoms with Crippen molar-refractivity contribution < 1.29 is 27.7 Å². The molecule has 1 atom stereocenters. The normalized spacial score (nSPS) is 14.7. The first-order valence-corrected chi connectivity index (χ1v) is 14.8. The Morgan fingerprint density at radius 1 is 1.13 bits per heavy atom. The molecule has 3 rings (SSSR count). The topological polar surface area (TPSA) is 139 Å². The van der Waals surface area contributed by atoms with Gasteiger partial charge >= 0.3 is 0 Å². The Kier molecular flexibility index (Phi) is 10.3. The van der Waals surface area contributed by atoms with Crippen molar-refractivity contribution in [2.45, 2.75) is 57.5 Å². The van der Waals surface area contributed by atoms with Crippen molar-refractivity contribution >= 4 is 33.2 Å². The lowest BCUT2D eigenvalue weighted by Gasteiger charge is -2.33. The quantitative estimate of drug-likeness (QED) is 0.310. The summed E-state index contributed by atoms with van der Waals surface area (Å²) >= 11 is 0. The minimum atomic E-state index is -4.07. The molecule has 12 heteroatoms. The van der Waals surface area contributed by atoms with E-state index in [1.165, 1.54) is 24.1 Å². The number of benzene rings is 2. The van der Waals surface area contributed by atoms with Gasteiger partial charge in [0.15, 0.2) is 0 Å². The van der Waals surface area contributed by atoms with Gasteiger partial charge in [-0.25, -0.2) is 8.42 Å². The summed E-state index contributed by atoms with van der Waals surface area (Å²) in [7, 11) is -2.77. The zero-order valence-electron chi connectivity index (χ0n) is 22.5. The number of nitro benzene ring substituents is 1. The predicted molar refractivity (Wildman–Crippen MR) is 148 cm³/mol. The van der Waals surface area contributed by atoms with E-state index in [1.54, 1.807) is 6.92 Å². The molecule has 1 saturated carbocycles. The van der Waals surface area contributed by atoms with E-state index < -0.39 is 33.4 Å². The Morgan fingerprint density at radius 2 is 1.79 bits per heavy atom. The fourth-order valence-corrected chi connectivity index (χ4v) is 5.57. The SMILES string of the molecule is COc1ccc([N+](=O)[O-])cc1N(CC(=O)N(CCc1ccccc1)[C@@H](C)C(=O)NC1CCCCC1)S(C)(=O)=O. The third-order valence-electron chi connectivity index (χ3n) is 6.92. The number of rotatable bonds is 12. The summed E-state index contributed by atoms with van der Waals surface area (Å²) < 4.78 is 31.7. The molecular formula is C27H36N4O7S. The third kappa shape index (κ3) is 8.16. The molecule has 0 unspecified atom stereocenters. The van der Waals surface area contributed by atoms with Crippen LogP contribution in [0.1, 0.15) is 44.6 Å². The summed E-state index contributed by atoms with van der Waals surface area (Å²) in [5.41, 5.74) is 0.466. The minimum absolute atomic E-state index is 0.0430. The van der Waals surface area contributed by atoms with E-state index in [9.17, 15) is 28.1 Å². The first kappa shape index (κ1) is 29.9. The molecule has 1 aliphatic carbocycles. The van der Waals surface area contributed by atoms with Gasteiger partial charge in [-0.2, -0.15) is 0 Å². The number of hydrogen-bond acceptors (Lipinski definition) is 7. The van der Waals surface area contributed by atoms with Gasteiger partial charge in [-0.15, -0.1) is 0 Å². The van der Waals surface area contributed by atoms with Crippen LogP contribution in [-0.2, 0) is 26.0 Å². The van der Waals surface area contributed by atoms with Crippen LogP contribution >= 0.6 is 0 Å². The van der Waals surface area contributed by atoms with Gasteiger partial charge < -0.3 is 15.0 Å². The van der Waals surface area contributed by atoms with Crippen LogP contribution < -0.4 is 14.4 Å². The molecule has 1 fully saturated rings. The lowest BCUT2D eigenvalue weighted by molar-refractivity contribution is -0.384. The predicted octanol–water partition coefficient (Wildman–Crippen LogP) is 3.28. The van der Waals surface area contributed by atoms with E-state index >= 15 is 0 Å². The molecule has 39 heavy (non-hydrogen) atoms. The average molecular weight is 561 g/mol. The molecule has 2 aromatic carbocycles. The molecule has 0 spiro atoms. The molecule has 0 radical (unpaired) electrons. The smallest absolute Gasteiger partial charge is 0.271 e. The number of hydrogen-bond donors (Lipinski definition) is 1. The first-order valence-electron chi connectivity index (χ1n) is 12.9. The number of sulfonamides is 1. The Hall–Kier alpha value is -3.67. The van der Waals surface area contributed by atoms with E-state index in [-0.39, 0.29) is 35.6 Å². The molecule has 0 heterocycles. The monoisotopic (exact) mass is 560 g/mol. The van der Waals surface area contributed by atoms with Crippen LogP contribution in [0.2, 0.25) is 0 Å². The van der Waals surface area contributed by atoms with E-state index in [0.717, 1.165) is 54.3 Å². The maximum absolute atomic E-state index is 13.7. The van der Waals surface area contributed by atoms with E-state index in [2.05, 4.69) is 5.32 Å². The third-order valence-corrected chi connectivity index (χ3v) is 8.05. The number of carbonyl (C=O) groups is 2. The van der Waals surface area contributed by atoms with Crippen LogP contribution in [0.5, 0.6) is 5.75 Å². The number of nitro groups is 1. The molecule has 2 amide bonds. The van der Waals surface area contributed by atoms with Crippen LogP contribution in [0, 0.1) is 10.1 Å². The number of nitrogens with one attached hydrogen (secondary N) is 1. The zero-order valence-corrected chi connectivity index (χ0v) is 23.4. The number of ether oxygens (including phenoxy) is 1. The molecule has 1 N–H and O–H groups in total. The maximum atomic E-state index is 13.7. The highest BCUT2D eigenvalue weighted by molar-refractivity contribution is 7.92. The number of amides is 2. The van der Waals surface area contributed by atoms with Gasteiger partial charge in [0, 0.05) is 24.7 Å². The minimum Gasteiger partial charge on any atom is -0.495 e. The highest BCUT2D eigenvalue weighted by Crippen LogP contribution is 2.33. The molecular weight excluding hydrogens is 524 g/mol. The van der Waals surface area contributed by atoms with Crippen molar-refractivity contribution in [3.05, 3.63) is 64.2 Å². The van der Waals surface area contributed by atoms with Crippen LogP contribution in [0.15, 0.2) is 48.5 Å². The largest absolute Gasteiger partial charge is 0.495 e. The average Bonchev–Trinajstić information content (AvgIpc) is 2.91. The summed E-state index contributed by atoms with van der Waals surface area (Å²) in [5.74, 6) is -0.865. The summed E-state index contributed by atoms with van der Waals surface area (Å²) in [5, 5.41) is 14.4. The van der Waals surface area contributed by atoms with Gasteiger partial charge in [0.1, 0.15) is 24.0 Å². The molecule has 11 nitrogen and oxygen atoms in total. The van der Waals surface area contributed by atoms with Crippen LogP contribution in [-0.4, -0.2) is 68.6 Å². The van der Waals surface area contributed by atoms with Crippen molar-refractivity contribution in [3.8, 4) is 5.75 Å². The van der Waals surface area contributed by atoms with Gasteiger partial charge in [0.2, 0.25) is 21.8 Å². The number of nitrogens with zero attached hydrogens (tertiary/aromatic N) is 3. The summed E-state index contributed by atoms with van der Waals surface area (Å²) in [6.45, 7) is 1.14. The summed E-state index contributed by atoms with van der Waals surface area (Å²) in [6.07, 6.45) is 6.31. The van der Waals surface area contributed by atoms with E-state index in [4.69, 9.17) is 4.74 Å². The van der Waals surface area contributed by atoms with Gasteiger partial charge in [0.05, 0.1) is 18.3 Å². The van der Waals surface area contributed by atoms with Crippen molar-refractivity contribution in [1.29, 1.82) is 0 Å². The lowest BCUT2D eigenvalue weighted by atomic mass is 9.95. The molecule has 1 aliphatic rings. The van der Waals surface area contributed by atoms with Gasteiger partial charge in [-0.3, -0.25) is 24.0 Å². The van der Waals surface area contributed by atoms with E-state index in [0.29, 0.717) is 6.42 Å². The highest BCUT2D eigenvalue weighted by Gasteiger charge is 2.32. The molecule has 212 valence electrons. The van der Waals surface area contributed by atoms with Crippen molar-refractivity contribution in [1.82, 2.24) is 10.2 Å². The van der Waals surface area contributed by atoms with Crippen LogP contribution in [0.25, 0.3) is 0 Å². The molecule has 0 saturated heterocycles. The Labute approximate surface area is 229 Å². The first-order chi connectivity index (χ1) is 18.5. The Bertz CT molecular complexity index is 1260. The zero-order chi connectivity index (χ0) is 28.6. The summed E-state index contributed by atoms with van der Waals surface area (Å²) in [4.78, 5) is 39.0. The van der Waals surface area contributed by atoms with Crippen molar-refractivity contribution in [2.75, 3.05) is 30.8 Å². The molecule has 2 aromatic rings. The highest BCUT2D eigenvalue weighted by atomic mass is 32.2. The van der Waals surface area contributed by atoms with Crippen molar-refractivity contribution in [2.24, 2.45) is 0 Å². The fourth-order valence-electron chi connectivity index (χ4n) is 4.72.